The summed E-state index contributed by atoms with van der Waals surface area (Å²) in [4.78, 5) is 15.1. The van der Waals surface area contributed by atoms with Crippen molar-refractivity contribution in [2.75, 3.05) is 24.1 Å². The molecule has 202 valence electrons. The van der Waals surface area contributed by atoms with Crippen molar-refractivity contribution in [1.29, 1.82) is 0 Å². The third-order valence-corrected chi connectivity index (χ3v) is 7.42. The van der Waals surface area contributed by atoms with Crippen molar-refractivity contribution < 1.29 is 22.0 Å². The van der Waals surface area contributed by atoms with Crippen molar-refractivity contribution in [3.05, 3.63) is 30.0 Å². The van der Waals surface area contributed by atoms with Gasteiger partial charge in [-0.25, -0.2) is 36.4 Å². The predicted molar refractivity (Wildman–Crippen MR) is 131 cm³/mol. The maximum atomic E-state index is 15.2. The summed E-state index contributed by atoms with van der Waals surface area (Å²) >= 11 is 0. The zero-order valence-electron chi connectivity index (χ0n) is 20.5. The van der Waals surface area contributed by atoms with Crippen LogP contribution in [0.3, 0.4) is 0 Å². The number of nitrogens with one attached hydrogen (secondary N) is 1. The summed E-state index contributed by atoms with van der Waals surface area (Å²) in [7, 11) is 0. The van der Waals surface area contributed by atoms with E-state index in [0.717, 1.165) is 12.8 Å². The van der Waals surface area contributed by atoms with Gasteiger partial charge >= 0.3 is 0 Å². The van der Waals surface area contributed by atoms with Gasteiger partial charge in [0.15, 0.2) is 17.3 Å². The second-order valence-electron chi connectivity index (χ2n) is 10.0. The lowest BCUT2D eigenvalue weighted by atomic mass is 9.85. The van der Waals surface area contributed by atoms with Crippen LogP contribution in [0, 0.1) is 12.7 Å². The van der Waals surface area contributed by atoms with Crippen molar-refractivity contribution >= 4 is 28.4 Å². The fourth-order valence-electron chi connectivity index (χ4n) is 5.47. The number of nitrogens with zero attached hydrogens (tertiary/aromatic N) is 7. The van der Waals surface area contributed by atoms with E-state index in [1.165, 1.54) is 15.3 Å². The third kappa shape index (κ3) is 4.40. The molecule has 0 amide bonds. The number of imidazole rings is 1. The third-order valence-electron chi connectivity index (χ3n) is 7.42. The fraction of sp³-hybridized carbons (Fsp3) is 0.500. The Morgan fingerprint density at radius 2 is 1.87 bits per heavy atom. The van der Waals surface area contributed by atoms with E-state index in [-0.39, 0.29) is 59.1 Å². The lowest BCUT2D eigenvalue weighted by Gasteiger charge is -2.45. The van der Waals surface area contributed by atoms with Gasteiger partial charge in [0.1, 0.15) is 16.9 Å². The second kappa shape index (κ2) is 9.03. The van der Waals surface area contributed by atoms with Crippen LogP contribution in [0.5, 0.6) is 0 Å². The summed E-state index contributed by atoms with van der Waals surface area (Å²) in [6.07, 6.45) is -0.151. The number of pyridine rings is 1. The minimum Gasteiger partial charge on any atom is -0.382 e. The number of rotatable bonds is 6. The molecule has 0 bridgehead atoms. The highest BCUT2D eigenvalue weighted by Crippen LogP contribution is 2.41. The molecule has 38 heavy (non-hydrogen) atoms. The van der Waals surface area contributed by atoms with Gasteiger partial charge in [0.2, 0.25) is 5.95 Å². The monoisotopic (exact) mass is 535 g/mol. The molecule has 0 unspecified atom stereocenters. The van der Waals surface area contributed by atoms with Crippen LogP contribution in [0.2, 0.25) is 0 Å². The Morgan fingerprint density at radius 1 is 1.13 bits per heavy atom. The van der Waals surface area contributed by atoms with Crippen molar-refractivity contribution in [3.8, 4) is 11.3 Å². The minimum absolute atomic E-state index is 0.0194. The highest BCUT2D eigenvalue weighted by Gasteiger charge is 2.48. The van der Waals surface area contributed by atoms with Crippen LogP contribution in [0.15, 0.2) is 18.3 Å². The van der Waals surface area contributed by atoms with E-state index in [1.54, 1.807) is 19.1 Å². The number of alkyl halides is 4. The Hall–Kier alpha value is -3.55. The van der Waals surface area contributed by atoms with Gasteiger partial charge in [-0.15, -0.1) is 5.10 Å². The quantitative estimate of drug-likeness (QED) is 0.358. The first-order valence-electron chi connectivity index (χ1n) is 12.4. The maximum Gasteiger partial charge on any atom is 0.256 e. The summed E-state index contributed by atoms with van der Waals surface area (Å²) in [5.41, 5.74) is 7.33. The molecule has 2 fully saturated rings. The first-order chi connectivity index (χ1) is 18.1. The van der Waals surface area contributed by atoms with E-state index in [4.69, 9.17) is 5.73 Å². The number of halogens is 5. The van der Waals surface area contributed by atoms with Crippen LogP contribution in [0.4, 0.5) is 33.7 Å². The Balaban J connectivity index is 1.24. The molecule has 6 rings (SSSR count). The van der Waals surface area contributed by atoms with Gasteiger partial charge in [0.25, 0.3) is 12.3 Å². The number of nitrogens with two attached hydrogens (primary N) is 1. The molecule has 0 aromatic carbocycles. The van der Waals surface area contributed by atoms with E-state index >= 15 is 4.39 Å². The SMILES string of the molecule is Cc1nc2ccc(-c3c(F)cn4nc(NC5CCN(C6CC(F)(F)C6)CC5)nc(N)c34)nc2n1CC(F)F. The number of piperidine rings is 1. The van der Waals surface area contributed by atoms with Crippen molar-refractivity contribution in [2.45, 2.75) is 63.6 Å². The van der Waals surface area contributed by atoms with Crippen molar-refractivity contribution in [2.24, 2.45) is 0 Å². The van der Waals surface area contributed by atoms with Crippen LogP contribution in [-0.2, 0) is 6.54 Å². The van der Waals surface area contributed by atoms with E-state index in [1.807, 2.05) is 0 Å². The van der Waals surface area contributed by atoms with Gasteiger partial charge in [-0.1, -0.05) is 0 Å². The zero-order valence-corrected chi connectivity index (χ0v) is 20.5. The molecule has 1 saturated heterocycles. The maximum absolute atomic E-state index is 15.2. The molecule has 1 aliphatic heterocycles. The standard InChI is InChI=1S/C24H26F5N9/c1-12-31-17-3-2-16(33-22(17)37(12)11-18(26)27)19-15(25)10-38-20(19)21(30)34-23(35-38)32-13-4-6-36(7-5-13)14-8-24(28,29)9-14/h2-3,10,13-14,18H,4-9,11H2,1H3,(H3,30,32,34,35). The lowest BCUT2D eigenvalue weighted by Crippen LogP contribution is -2.54. The molecule has 0 atom stereocenters. The Kier molecular flexibility index (Phi) is 5.89. The molecule has 0 spiro atoms. The van der Waals surface area contributed by atoms with Gasteiger partial charge in [-0.3, -0.25) is 4.90 Å². The van der Waals surface area contributed by atoms with Gasteiger partial charge in [-0.2, -0.15) is 4.98 Å². The summed E-state index contributed by atoms with van der Waals surface area (Å²) in [5.74, 6) is -2.56. The molecule has 4 aromatic heterocycles. The molecular weight excluding hydrogens is 509 g/mol. The molecular formula is C24H26F5N9. The first kappa shape index (κ1) is 24.8. The Bertz CT molecular complexity index is 1500. The highest BCUT2D eigenvalue weighted by molar-refractivity contribution is 5.89. The smallest absolute Gasteiger partial charge is 0.256 e. The van der Waals surface area contributed by atoms with Gasteiger partial charge < -0.3 is 15.6 Å². The van der Waals surface area contributed by atoms with E-state index < -0.39 is 24.7 Å². The number of aryl methyl sites for hydroxylation is 1. The molecule has 1 aliphatic carbocycles. The molecule has 5 heterocycles. The number of aromatic nitrogens is 6. The van der Waals surface area contributed by atoms with Crippen LogP contribution in [0.1, 0.15) is 31.5 Å². The van der Waals surface area contributed by atoms with E-state index in [0.29, 0.717) is 24.4 Å². The van der Waals surface area contributed by atoms with Crippen LogP contribution < -0.4 is 11.1 Å². The fourth-order valence-corrected chi connectivity index (χ4v) is 5.47. The Morgan fingerprint density at radius 3 is 2.55 bits per heavy atom. The second-order valence-corrected chi connectivity index (χ2v) is 10.0. The van der Waals surface area contributed by atoms with Crippen LogP contribution in [0.25, 0.3) is 27.9 Å². The van der Waals surface area contributed by atoms with Gasteiger partial charge in [0.05, 0.1) is 24.0 Å². The molecule has 9 nitrogen and oxygen atoms in total. The summed E-state index contributed by atoms with van der Waals surface area (Å²) in [5, 5.41) is 7.61. The molecule has 1 saturated carbocycles. The molecule has 0 radical (unpaired) electrons. The summed E-state index contributed by atoms with van der Waals surface area (Å²) < 4.78 is 70.4. The van der Waals surface area contributed by atoms with Crippen LogP contribution >= 0.6 is 0 Å². The van der Waals surface area contributed by atoms with E-state index in [9.17, 15) is 17.6 Å². The van der Waals surface area contributed by atoms with Crippen molar-refractivity contribution in [1.82, 2.24) is 34.0 Å². The van der Waals surface area contributed by atoms with E-state index in [2.05, 4.69) is 30.3 Å². The average molecular weight is 536 g/mol. The molecule has 3 N–H and O–H groups in total. The first-order valence-corrected chi connectivity index (χ1v) is 12.4. The number of fused-ring (bicyclic) bond motifs is 2. The normalized spacial score (nSPS) is 19.0. The van der Waals surface area contributed by atoms with Crippen LogP contribution in [-0.4, -0.2) is 71.6 Å². The number of nitrogen functional groups attached to an aromatic ring is 1. The molecule has 4 aromatic rings. The predicted octanol–water partition coefficient (Wildman–Crippen LogP) is 4.11. The summed E-state index contributed by atoms with van der Waals surface area (Å²) in [6, 6.07) is 3.10. The lowest BCUT2D eigenvalue weighted by molar-refractivity contribution is -0.127. The topological polar surface area (TPSA) is 102 Å². The number of hydrogen-bond acceptors (Lipinski definition) is 7. The minimum atomic E-state index is -2.60. The summed E-state index contributed by atoms with van der Waals surface area (Å²) in [6.45, 7) is 2.40. The Labute approximate surface area is 213 Å². The largest absolute Gasteiger partial charge is 0.382 e. The van der Waals surface area contributed by atoms with Gasteiger partial charge in [-0.05, 0) is 31.9 Å². The highest BCUT2D eigenvalue weighted by atomic mass is 19.3. The molecule has 2 aliphatic rings. The number of likely N-dealkylation sites (tertiary alicyclic amines) is 1. The van der Waals surface area contributed by atoms with Gasteiger partial charge in [0, 0.05) is 38.0 Å². The number of hydrogen-bond donors (Lipinski definition) is 2. The average Bonchev–Trinajstić information content (AvgIpc) is 3.33. The van der Waals surface area contributed by atoms with Crippen molar-refractivity contribution in [3.63, 3.8) is 0 Å². The zero-order chi connectivity index (χ0) is 26.8. The number of anilines is 2. The molecule has 14 heteroatoms.